The Balaban J connectivity index is 2.55. The molecule has 0 atom stereocenters. The normalized spacial score (nSPS) is 9.71. The van der Waals surface area contributed by atoms with Crippen LogP contribution in [0.25, 0.3) is 0 Å². The van der Waals surface area contributed by atoms with E-state index in [1.165, 1.54) is 0 Å². The molecule has 3 nitrogen and oxygen atoms in total. The highest BCUT2D eigenvalue weighted by molar-refractivity contribution is 5.87. The Morgan fingerprint density at radius 3 is 2.57 bits per heavy atom. The lowest BCUT2D eigenvalue weighted by Crippen LogP contribution is -1.97. The van der Waals surface area contributed by atoms with Gasteiger partial charge in [-0.05, 0) is 17.7 Å². The van der Waals surface area contributed by atoms with Gasteiger partial charge in [-0.25, -0.2) is 4.79 Å². The van der Waals surface area contributed by atoms with Crippen molar-refractivity contribution in [2.24, 2.45) is 0 Å². The van der Waals surface area contributed by atoms with E-state index in [0.717, 1.165) is 5.56 Å². The van der Waals surface area contributed by atoms with Crippen molar-refractivity contribution >= 4 is 5.97 Å². The van der Waals surface area contributed by atoms with E-state index in [1.54, 1.807) is 30.3 Å². The van der Waals surface area contributed by atoms with Gasteiger partial charge in [0.15, 0.2) is 0 Å². The molecule has 0 heterocycles. The van der Waals surface area contributed by atoms with Crippen molar-refractivity contribution in [3.63, 3.8) is 0 Å². The first kappa shape index (κ1) is 10.5. The minimum absolute atomic E-state index is 0.289. The molecule has 1 aromatic rings. The molecule has 1 aromatic carbocycles. The van der Waals surface area contributed by atoms with Crippen LogP contribution in [0.1, 0.15) is 15.9 Å². The maximum absolute atomic E-state index is 10.5. The zero-order valence-electron chi connectivity index (χ0n) is 7.77. The second-order valence-electron chi connectivity index (χ2n) is 2.81. The van der Waals surface area contributed by atoms with Gasteiger partial charge < -0.3 is 9.84 Å². The summed E-state index contributed by atoms with van der Waals surface area (Å²) in [7, 11) is 0. The Kier molecular flexibility index (Phi) is 3.88. The fourth-order valence-corrected chi connectivity index (χ4v) is 1.00. The van der Waals surface area contributed by atoms with Crippen LogP contribution in [0.15, 0.2) is 36.9 Å². The molecule has 0 amide bonds. The summed E-state index contributed by atoms with van der Waals surface area (Å²) in [6.07, 6.45) is 1.67. The zero-order valence-corrected chi connectivity index (χ0v) is 7.77. The minimum Gasteiger partial charge on any atom is -0.478 e. The Morgan fingerprint density at radius 2 is 2.07 bits per heavy atom. The van der Waals surface area contributed by atoms with Crippen molar-refractivity contribution in [2.45, 2.75) is 6.61 Å². The van der Waals surface area contributed by atoms with Crippen LogP contribution in [-0.4, -0.2) is 17.7 Å². The third kappa shape index (κ3) is 3.03. The Bertz CT molecular complexity index is 314. The number of benzene rings is 1. The number of rotatable bonds is 5. The van der Waals surface area contributed by atoms with E-state index in [4.69, 9.17) is 9.84 Å². The van der Waals surface area contributed by atoms with E-state index in [0.29, 0.717) is 13.2 Å². The van der Waals surface area contributed by atoms with Crippen LogP contribution in [-0.2, 0) is 11.3 Å². The highest BCUT2D eigenvalue weighted by Gasteiger charge is 2.00. The summed E-state index contributed by atoms with van der Waals surface area (Å²) in [6, 6.07) is 6.61. The quantitative estimate of drug-likeness (QED) is 0.574. The molecule has 0 unspecified atom stereocenters. The van der Waals surface area contributed by atoms with Gasteiger partial charge in [-0.2, -0.15) is 0 Å². The molecule has 0 saturated heterocycles. The molecule has 0 aliphatic carbocycles. The van der Waals surface area contributed by atoms with Crippen molar-refractivity contribution in [3.8, 4) is 0 Å². The van der Waals surface area contributed by atoms with E-state index < -0.39 is 5.97 Å². The number of carboxylic acids is 1. The number of ether oxygens (including phenoxy) is 1. The van der Waals surface area contributed by atoms with Gasteiger partial charge in [0.05, 0.1) is 18.8 Å². The van der Waals surface area contributed by atoms with E-state index in [9.17, 15) is 4.79 Å². The molecule has 0 aliphatic rings. The van der Waals surface area contributed by atoms with Crippen LogP contribution < -0.4 is 0 Å². The number of carbonyl (C=O) groups is 1. The van der Waals surface area contributed by atoms with Crippen molar-refractivity contribution in [2.75, 3.05) is 6.61 Å². The van der Waals surface area contributed by atoms with Gasteiger partial charge in [0, 0.05) is 0 Å². The first-order valence-corrected chi connectivity index (χ1v) is 4.25. The maximum Gasteiger partial charge on any atom is 0.335 e. The third-order valence-corrected chi connectivity index (χ3v) is 1.71. The van der Waals surface area contributed by atoms with Crippen LogP contribution in [0.4, 0.5) is 0 Å². The minimum atomic E-state index is -0.913. The maximum atomic E-state index is 10.5. The van der Waals surface area contributed by atoms with Crippen LogP contribution in [0, 0.1) is 0 Å². The van der Waals surface area contributed by atoms with Crippen molar-refractivity contribution < 1.29 is 14.6 Å². The Morgan fingerprint density at radius 1 is 1.43 bits per heavy atom. The summed E-state index contributed by atoms with van der Waals surface area (Å²) >= 11 is 0. The first-order chi connectivity index (χ1) is 6.74. The van der Waals surface area contributed by atoms with Crippen molar-refractivity contribution in [1.82, 2.24) is 0 Å². The van der Waals surface area contributed by atoms with Crippen LogP contribution in [0.5, 0.6) is 0 Å². The summed E-state index contributed by atoms with van der Waals surface area (Å²) in [5, 5.41) is 8.65. The third-order valence-electron chi connectivity index (χ3n) is 1.71. The van der Waals surface area contributed by atoms with Gasteiger partial charge >= 0.3 is 5.97 Å². The number of hydrogen-bond donors (Lipinski definition) is 1. The molecule has 0 bridgehead atoms. The Labute approximate surface area is 82.6 Å². The smallest absolute Gasteiger partial charge is 0.335 e. The van der Waals surface area contributed by atoms with Gasteiger partial charge in [-0.3, -0.25) is 0 Å². The first-order valence-electron chi connectivity index (χ1n) is 4.25. The SMILES string of the molecule is C=CCOCc1ccc(C(=O)O)cc1. The van der Waals surface area contributed by atoms with Crippen molar-refractivity contribution in [3.05, 3.63) is 48.0 Å². The van der Waals surface area contributed by atoms with E-state index >= 15 is 0 Å². The monoisotopic (exact) mass is 192 g/mol. The molecule has 0 saturated carbocycles. The standard InChI is InChI=1S/C11H12O3/c1-2-7-14-8-9-3-5-10(6-4-9)11(12)13/h2-6H,1,7-8H2,(H,12,13). The van der Waals surface area contributed by atoms with E-state index in [1.807, 2.05) is 0 Å². The van der Waals surface area contributed by atoms with Crippen LogP contribution in [0.2, 0.25) is 0 Å². The van der Waals surface area contributed by atoms with E-state index in [2.05, 4.69) is 6.58 Å². The second-order valence-corrected chi connectivity index (χ2v) is 2.81. The van der Waals surface area contributed by atoms with Gasteiger partial charge in [0.2, 0.25) is 0 Å². The molecular weight excluding hydrogens is 180 g/mol. The van der Waals surface area contributed by atoms with Gasteiger partial charge in [-0.1, -0.05) is 18.2 Å². The second kappa shape index (κ2) is 5.19. The lowest BCUT2D eigenvalue weighted by molar-refractivity contribution is 0.0696. The summed E-state index contributed by atoms with van der Waals surface area (Å²) in [5.74, 6) is -0.913. The summed E-state index contributed by atoms with van der Waals surface area (Å²) in [5.41, 5.74) is 1.24. The summed E-state index contributed by atoms with van der Waals surface area (Å²) < 4.78 is 5.20. The molecule has 0 aliphatic heterocycles. The lowest BCUT2D eigenvalue weighted by Gasteiger charge is -2.01. The predicted molar refractivity (Wildman–Crippen MR) is 53.3 cm³/mol. The molecular formula is C11H12O3. The average molecular weight is 192 g/mol. The molecule has 0 fully saturated rings. The lowest BCUT2D eigenvalue weighted by atomic mass is 10.1. The van der Waals surface area contributed by atoms with Gasteiger partial charge in [-0.15, -0.1) is 6.58 Å². The van der Waals surface area contributed by atoms with Gasteiger partial charge in [0.25, 0.3) is 0 Å². The highest BCUT2D eigenvalue weighted by atomic mass is 16.5. The molecule has 1 rings (SSSR count). The fraction of sp³-hybridized carbons (Fsp3) is 0.182. The van der Waals surface area contributed by atoms with Crippen LogP contribution >= 0.6 is 0 Å². The van der Waals surface area contributed by atoms with Crippen molar-refractivity contribution in [1.29, 1.82) is 0 Å². The summed E-state index contributed by atoms with van der Waals surface area (Å²) in [6.45, 7) is 4.51. The zero-order chi connectivity index (χ0) is 10.4. The molecule has 1 N–H and O–H groups in total. The van der Waals surface area contributed by atoms with Crippen LogP contribution in [0.3, 0.4) is 0 Å². The number of hydrogen-bond acceptors (Lipinski definition) is 2. The van der Waals surface area contributed by atoms with Gasteiger partial charge in [0.1, 0.15) is 0 Å². The molecule has 14 heavy (non-hydrogen) atoms. The topological polar surface area (TPSA) is 46.5 Å². The van der Waals surface area contributed by atoms with E-state index in [-0.39, 0.29) is 5.56 Å². The number of aromatic carboxylic acids is 1. The number of carboxylic acid groups (broad SMARTS) is 1. The molecule has 0 spiro atoms. The molecule has 0 aromatic heterocycles. The molecule has 3 heteroatoms. The average Bonchev–Trinajstić information content (AvgIpc) is 2.19. The molecule has 0 radical (unpaired) electrons. The summed E-state index contributed by atoms with van der Waals surface area (Å²) in [4.78, 5) is 10.5. The predicted octanol–water partition coefficient (Wildman–Crippen LogP) is 2.09. The Hall–Kier alpha value is -1.61. The largest absolute Gasteiger partial charge is 0.478 e. The highest BCUT2D eigenvalue weighted by Crippen LogP contribution is 2.05. The fourth-order valence-electron chi connectivity index (χ4n) is 1.00. The molecule has 74 valence electrons.